The molecule has 160 valence electrons. The van der Waals surface area contributed by atoms with Crippen LogP contribution in [0.2, 0.25) is 0 Å². The first-order valence-electron chi connectivity index (χ1n) is 10.3. The van der Waals surface area contributed by atoms with Crippen molar-refractivity contribution in [3.05, 3.63) is 0 Å². The third kappa shape index (κ3) is 7.74. The van der Waals surface area contributed by atoms with E-state index in [0.717, 1.165) is 25.7 Å². The molecule has 0 spiro atoms. The van der Waals surface area contributed by atoms with Crippen LogP contribution in [0.25, 0.3) is 0 Å². The minimum Gasteiger partial charge on any atom is -0.370 e. The van der Waals surface area contributed by atoms with Crippen LogP contribution >= 0.6 is 0 Å². The van der Waals surface area contributed by atoms with Gasteiger partial charge in [-0.1, -0.05) is 26.7 Å². The Morgan fingerprint density at radius 3 is 2.43 bits per heavy atom. The Morgan fingerprint density at radius 2 is 1.79 bits per heavy atom. The van der Waals surface area contributed by atoms with Gasteiger partial charge in [0.05, 0.1) is 0 Å². The highest BCUT2D eigenvalue weighted by atomic mass is 16.2. The summed E-state index contributed by atoms with van der Waals surface area (Å²) in [4.78, 5) is 41.9. The smallest absolute Gasteiger partial charge is 0.246 e. The van der Waals surface area contributed by atoms with Gasteiger partial charge in [-0.2, -0.15) is 0 Å². The number of hydrogen-bond donors (Lipinski definition) is 5. The lowest BCUT2D eigenvalue weighted by Gasteiger charge is -2.33. The number of guanidine groups is 1. The number of nitrogens with two attached hydrogens (primary N) is 2. The fraction of sp³-hybridized carbons (Fsp3) is 0.789. The molecule has 0 aromatic rings. The zero-order valence-corrected chi connectivity index (χ0v) is 17.2. The molecule has 28 heavy (non-hydrogen) atoms. The Labute approximate surface area is 167 Å². The topological polar surface area (TPSA) is 152 Å². The predicted octanol–water partition coefficient (Wildman–Crippen LogP) is 0.280. The number of hydrogen-bond acceptors (Lipinski definition) is 4. The lowest BCUT2D eigenvalue weighted by atomic mass is 9.90. The van der Waals surface area contributed by atoms with Crippen LogP contribution in [0.15, 0.2) is 4.99 Å². The Balaban J connectivity index is 2.95. The molecule has 0 bridgehead atoms. The molecule has 7 N–H and O–H groups in total. The van der Waals surface area contributed by atoms with E-state index in [0.29, 0.717) is 45.2 Å². The summed E-state index contributed by atoms with van der Waals surface area (Å²) in [5.41, 5.74) is 9.64. The van der Waals surface area contributed by atoms with Gasteiger partial charge >= 0.3 is 0 Å². The molecule has 9 heteroatoms. The lowest BCUT2D eigenvalue weighted by Crippen LogP contribution is -2.61. The highest BCUT2D eigenvalue weighted by Crippen LogP contribution is 2.18. The van der Waals surface area contributed by atoms with E-state index in [1.165, 1.54) is 0 Å². The van der Waals surface area contributed by atoms with Crippen molar-refractivity contribution >= 4 is 23.7 Å². The predicted molar refractivity (Wildman–Crippen MR) is 109 cm³/mol. The molecule has 1 atom stereocenters. The SMILES string of the molecule is CCC1(CC)NC(=O)CCCCCCNC(=O)C(CCCN=C(N)N)NC1=O. The molecule has 1 aliphatic rings. The normalized spacial score (nSPS) is 21.6. The number of carbonyl (C=O) groups is 3. The van der Waals surface area contributed by atoms with Crippen LogP contribution in [0.3, 0.4) is 0 Å². The van der Waals surface area contributed by atoms with Crippen molar-refractivity contribution in [1.82, 2.24) is 16.0 Å². The van der Waals surface area contributed by atoms with Crippen molar-refractivity contribution in [3.8, 4) is 0 Å². The first-order valence-corrected chi connectivity index (χ1v) is 10.3. The van der Waals surface area contributed by atoms with Crippen LogP contribution in [0.5, 0.6) is 0 Å². The van der Waals surface area contributed by atoms with Gasteiger partial charge < -0.3 is 27.4 Å². The number of carbonyl (C=O) groups excluding carboxylic acids is 3. The first kappa shape index (κ1) is 23.7. The average molecular weight is 397 g/mol. The molecule has 1 fully saturated rings. The van der Waals surface area contributed by atoms with Gasteiger partial charge in [0.15, 0.2) is 5.96 Å². The molecule has 1 saturated heterocycles. The van der Waals surface area contributed by atoms with E-state index < -0.39 is 11.6 Å². The van der Waals surface area contributed by atoms with E-state index in [2.05, 4.69) is 20.9 Å². The molecule has 0 aromatic heterocycles. The maximum absolute atomic E-state index is 13.0. The Bertz CT molecular complexity index is 556. The van der Waals surface area contributed by atoms with Crippen molar-refractivity contribution < 1.29 is 14.4 Å². The number of rotatable bonds is 6. The monoisotopic (exact) mass is 396 g/mol. The van der Waals surface area contributed by atoms with E-state index in [1.54, 1.807) is 0 Å². The third-order valence-electron chi connectivity index (χ3n) is 5.22. The maximum atomic E-state index is 13.0. The molecule has 1 unspecified atom stereocenters. The summed E-state index contributed by atoms with van der Waals surface area (Å²) in [6.07, 6.45) is 5.74. The fourth-order valence-corrected chi connectivity index (χ4v) is 3.30. The molecule has 1 aliphatic heterocycles. The zero-order valence-electron chi connectivity index (χ0n) is 17.2. The van der Waals surface area contributed by atoms with E-state index in [-0.39, 0.29) is 23.7 Å². The second-order valence-corrected chi connectivity index (χ2v) is 7.27. The molecule has 9 nitrogen and oxygen atoms in total. The van der Waals surface area contributed by atoms with Crippen molar-refractivity contribution in [3.63, 3.8) is 0 Å². The maximum Gasteiger partial charge on any atom is 0.246 e. The van der Waals surface area contributed by atoms with Gasteiger partial charge in [-0.3, -0.25) is 19.4 Å². The van der Waals surface area contributed by atoms with Crippen LogP contribution in [0.4, 0.5) is 0 Å². The standard InChI is InChI=1S/C19H36N6O3/c1-3-19(4-2)17(28)24-14(10-9-13-23-18(20)21)16(27)22-12-8-6-5-7-11-15(26)25-19/h14H,3-13H2,1-2H3,(H,22,27)(H,24,28)(H,25,26)(H4,20,21,23). The van der Waals surface area contributed by atoms with Crippen LogP contribution in [0, 0.1) is 0 Å². The fourth-order valence-electron chi connectivity index (χ4n) is 3.30. The van der Waals surface area contributed by atoms with Crippen LogP contribution in [-0.2, 0) is 14.4 Å². The van der Waals surface area contributed by atoms with E-state index in [1.807, 2.05) is 13.8 Å². The van der Waals surface area contributed by atoms with Crippen molar-refractivity contribution in [2.24, 2.45) is 16.5 Å². The van der Waals surface area contributed by atoms with Crippen molar-refractivity contribution in [2.45, 2.75) is 83.2 Å². The van der Waals surface area contributed by atoms with Crippen LogP contribution in [-0.4, -0.2) is 48.4 Å². The minimum atomic E-state index is -1.01. The van der Waals surface area contributed by atoms with E-state index in [9.17, 15) is 14.4 Å². The Hall–Kier alpha value is -2.32. The van der Waals surface area contributed by atoms with Crippen molar-refractivity contribution in [1.29, 1.82) is 0 Å². The second-order valence-electron chi connectivity index (χ2n) is 7.27. The molecule has 3 amide bonds. The Kier molecular flexibility index (Phi) is 10.3. The average Bonchev–Trinajstić information content (AvgIpc) is 2.66. The van der Waals surface area contributed by atoms with E-state index in [4.69, 9.17) is 11.5 Å². The number of nitrogens with zero attached hydrogens (tertiary/aromatic N) is 1. The number of aliphatic imine (C=N–C) groups is 1. The van der Waals surface area contributed by atoms with Gasteiger partial charge in [0.2, 0.25) is 17.7 Å². The lowest BCUT2D eigenvalue weighted by molar-refractivity contribution is -0.136. The molecule has 0 saturated carbocycles. The summed E-state index contributed by atoms with van der Waals surface area (Å²) in [7, 11) is 0. The van der Waals surface area contributed by atoms with Gasteiger partial charge in [0.1, 0.15) is 11.6 Å². The highest BCUT2D eigenvalue weighted by molar-refractivity contribution is 5.94. The minimum absolute atomic E-state index is 0.00168. The van der Waals surface area contributed by atoms with Crippen molar-refractivity contribution in [2.75, 3.05) is 13.1 Å². The van der Waals surface area contributed by atoms with Gasteiger partial charge in [-0.25, -0.2) is 0 Å². The molecule has 1 heterocycles. The summed E-state index contributed by atoms with van der Waals surface area (Å²) < 4.78 is 0. The largest absolute Gasteiger partial charge is 0.370 e. The quantitative estimate of drug-likeness (QED) is 0.248. The molecular weight excluding hydrogens is 360 g/mol. The van der Waals surface area contributed by atoms with Gasteiger partial charge in [0.25, 0.3) is 0 Å². The molecule has 0 radical (unpaired) electrons. The summed E-state index contributed by atoms with van der Waals surface area (Å²) in [5.74, 6) is -0.671. The molecule has 0 aliphatic carbocycles. The van der Waals surface area contributed by atoms with Crippen LogP contribution in [0.1, 0.15) is 71.6 Å². The van der Waals surface area contributed by atoms with Gasteiger partial charge in [0, 0.05) is 19.5 Å². The molecule has 1 rings (SSSR count). The summed E-state index contributed by atoms with van der Waals surface area (Å²) in [6.45, 7) is 4.66. The Morgan fingerprint density at radius 1 is 1.11 bits per heavy atom. The second kappa shape index (κ2) is 12.2. The third-order valence-corrected chi connectivity index (χ3v) is 5.22. The van der Waals surface area contributed by atoms with Crippen LogP contribution < -0.4 is 27.4 Å². The summed E-state index contributed by atoms with van der Waals surface area (Å²) in [6, 6.07) is -0.695. The zero-order chi connectivity index (χ0) is 21.0. The molecular formula is C19H36N6O3. The molecule has 0 aromatic carbocycles. The highest BCUT2D eigenvalue weighted by Gasteiger charge is 2.38. The summed E-state index contributed by atoms with van der Waals surface area (Å²) in [5, 5.41) is 8.66. The first-order chi connectivity index (χ1) is 13.3. The van der Waals surface area contributed by atoms with Gasteiger partial charge in [-0.05, 0) is 38.5 Å². The number of nitrogens with one attached hydrogen (secondary N) is 3. The summed E-state index contributed by atoms with van der Waals surface area (Å²) >= 11 is 0. The van der Waals surface area contributed by atoms with E-state index >= 15 is 0 Å². The van der Waals surface area contributed by atoms with Gasteiger partial charge in [-0.15, -0.1) is 0 Å². The number of amides is 3.